The number of halogens is 2. The first kappa shape index (κ1) is 19.6. The fourth-order valence-electron chi connectivity index (χ4n) is 2.94. The highest BCUT2D eigenvalue weighted by atomic mass is 32.1. The average Bonchev–Trinajstić information content (AvgIpc) is 2.59. The molecule has 0 amide bonds. The standard InChI is InChI=1S/C21H21F2NO2S/c1-13(2)26-21-6-5-15(8-20(21)23)14-3-4-16(19(22)7-14)11-25-18-9-17(10-18)24-12-27/h3-8,13,17-18H,9-11H2,1-2H3. The summed E-state index contributed by atoms with van der Waals surface area (Å²) < 4.78 is 39.7. The molecule has 1 fully saturated rings. The van der Waals surface area contributed by atoms with Gasteiger partial charge in [0.05, 0.1) is 30.0 Å². The lowest BCUT2D eigenvalue weighted by atomic mass is 9.90. The van der Waals surface area contributed by atoms with Crippen LogP contribution < -0.4 is 4.74 Å². The summed E-state index contributed by atoms with van der Waals surface area (Å²) in [7, 11) is 0. The van der Waals surface area contributed by atoms with E-state index in [0.29, 0.717) is 16.7 Å². The van der Waals surface area contributed by atoms with Crippen molar-refractivity contribution in [3.8, 4) is 16.9 Å². The normalized spacial score (nSPS) is 18.7. The molecule has 0 atom stereocenters. The van der Waals surface area contributed by atoms with Crippen LogP contribution in [0, 0.1) is 11.6 Å². The molecule has 1 aliphatic rings. The van der Waals surface area contributed by atoms with E-state index in [-0.39, 0.29) is 36.4 Å². The number of aliphatic imine (C=N–C) groups is 1. The monoisotopic (exact) mass is 389 g/mol. The SMILES string of the molecule is CC(C)Oc1ccc(-c2ccc(COC3CC(N=C=S)C3)c(F)c2)cc1F. The third-order valence-corrected chi connectivity index (χ3v) is 4.57. The third kappa shape index (κ3) is 4.98. The molecule has 0 heterocycles. The molecule has 142 valence electrons. The molecule has 1 aliphatic carbocycles. The van der Waals surface area contributed by atoms with Gasteiger partial charge in [-0.25, -0.2) is 13.8 Å². The summed E-state index contributed by atoms with van der Waals surface area (Å²) in [5.41, 5.74) is 1.67. The van der Waals surface area contributed by atoms with Gasteiger partial charge in [-0.15, -0.1) is 0 Å². The summed E-state index contributed by atoms with van der Waals surface area (Å²) >= 11 is 4.57. The Balaban J connectivity index is 1.64. The van der Waals surface area contributed by atoms with Crippen molar-refractivity contribution in [3.05, 3.63) is 53.6 Å². The molecular weight excluding hydrogens is 368 g/mol. The highest BCUT2D eigenvalue weighted by Gasteiger charge is 2.29. The van der Waals surface area contributed by atoms with Crippen molar-refractivity contribution in [3.63, 3.8) is 0 Å². The van der Waals surface area contributed by atoms with E-state index in [2.05, 4.69) is 22.4 Å². The number of hydrogen-bond donors (Lipinski definition) is 0. The van der Waals surface area contributed by atoms with Crippen LogP contribution in [0.25, 0.3) is 11.1 Å². The number of nitrogens with zero attached hydrogens (tertiary/aromatic N) is 1. The summed E-state index contributed by atoms with van der Waals surface area (Å²) in [4.78, 5) is 4.00. The molecule has 0 aliphatic heterocycles. The minimum Gasteiger partial charge on any atom is -0.488 e. The predicted octanol–water partition coefficient (Wildman–Crippen LogP) is 5.57. The molecule has 0 aromatic heterocycles. The van der Waals surface area contributed by atoms with E-state index in [1.807, 2.05) is 13.8 Å². The first-order chi connectivity index (χ1) is 13.0. The third-order valence-electron chi connectivity index (χ3n) is 4.46. The van der Waals surface area contributed by atoms with Crippen molar-refractivity contribution in [1.82, 2.24) is 0 Å². The van der Waals surface area contributed by atoms with Crippen molar-refractivity contribution in [2.75, 3.05) is 0 Å². The molecule has 0 bridgehead atoms. The number of hydrogen-bond acceptors (Lipinski definition) is 4. The zero-order valence-corrected chi connectivity index (χ0v) is 16.1. The second-order valence-corrected chi connectivity index (χ2v) is 7.08. The molecule has 0 unspecified atom stereocenters. The maximum atomic E-state index is 14.4. The minimum atomic E-state index is -0.465. The average molecular weight is 389 g/mol. The van der Waals surface area contributed by atoms with Crippen LogP contribution in [-0.4, -0.2) is 23.4 Å². The van der Waals surface area contributed by atoms with Gasteiger partial charge < -0.3 is 9.47 Å². The Bertz CT molecular complexity index is 859. The number of thiocarbonyl (C=S) groups is 1. The van der Waals surface area contributed by atoms with E-state index >= 15 is 0 Å². The molecule has 0 N–H and O–H groups in total. The van der Waals surface area contributed by atoms with Crippen LogP contribution in [-0.2, 0) is 11.3 Å². The lowest BCUT2D eigenvalue weighted by molar-refractivity contribution is -0.0192. The Morgan fingerprint density at radius 2 is 1.78 bits per heavy atom. The largest absolute Gasteiger partial charge is 0.488 e. The Hall–Kier alpha value is -2.14. The van der Waals surface area contributed by atoms with Gasteiger partial charge >= 0.3 is 0 Å². The van der Waals surface area contributed by atoms with Crippen LogP contribution in [0.1, 0.15) is 32.3 Å². The summed E-state index contributed by atoms with van der Waals surface area (Å²) in [6.45, 7) is 3.86. The van der Waals surface area contributed by atoms with E-state index in [0.717, 1.165) is 12.8 Å². The van der Waals surface area contributed by atoms with E-state index in [1.165, 1.54) is 12.1 Å². The second kappa shape index (κ2) is 8.70. The van der Waals surface area contributed by atoms with Crippen molar-refractivity contribution < 1.29 is 18.3 Å². The Kier molecular flexibility index (Phi) is 6.32. The van der Waals surface area contributed by atoms with Gasteiger partial charge in [0.15, 0.2) is 11.6 Å². The van der Waals surface area contributed by atoms with Crippen molar-refractivity contribution in [1.29, 1.82) is 0 Å². The molecule has 2 aromatic rings. The van der Waals surface area contributed by atoms with Crippen molar-refractivity contribution in [2.24, 2.45) is 4.99 Å². The molecular formula is C21H21F2NO2S. The maximum absolute atomic E-state index is 14.4. The summed E-state index contributed by atoms with van der Waals surface area (Å²) in [5.74, 6) is -0.647. The van der Waals surface area contributed by atoms with Crippen LogP contribution in [0.2, 0.25) is 0 Å². The lowest BCUT2D eigenvalue weighted by Gasteiger charge is -2.31. The van der Waals surface area contributed by atoms with Crippen LogP contribution >= 0.6 is 12.2 Å². The Morgan fingerprint density at radius 3 is 2.37 bits per heavy atom. The van der Waals surface area contributed by atoms with Gasteiger partial charge in [0, 0.05) is 5.56 Å². The molecule has 2 aromatic carbocycles. The van der Waals surface area contributed by atoms with Crippen LogP contribution in [0.4, 0.5) is 8.78 Å². The first-order valence-electron chi connectivity index (χ1n) is 8.90. The van der Waals surface area contributed by atoms with Gasteiger partial charge in [-0.05, 0) is 68.2 Å². The molecule has 3 nitrogen and oxygen atoms in total. The number of isothiocyanates is 1. The zero-order valence-electron chi connectivity index (χ0n) is 15.2. The summed E-state index contributed by atoms with van der Waals surface area (Å²) in [6, 6.07) is 9.65. The predicted molar refractivity (Wildman–Crippen MR) is 104 cm³/mol. The van der Waals surface area contributed by atoms with Gasteiger partial charge in [-0.2, -0.15) is 0 Å². The number of ether oxygens (including phenoxy) is 2. The quantitative estimate of drug-likeness (QED) is 0.458. The van der Waals surface area contributed by atoms with E-state index < -0.39 is 5.82 Å². The van der Waals surface area contributed by atoms with E-state index in [1.54, 1.807) is 24.3 Å². The summed E-state index contributed by atoms with van der Waals surface area (Å²) in [5, 5.41) is 2.37. The number of rotatable bonds is 7. The highest BCUT2D eigenvalue weighted by molar-refractivity contribution is 7.78. The zero-order chi connectivity index (χ0) is 19.4. The molecule has 6 heteroatoms. The smallest absolute Gasteiger partial charge is 0.165 e. The molecule has 0 saturated heterocycles. The lowest BCUT2D eigenvalue weighted by Crippen LogP contribution is -2.34. The van der Waals surface area contributed by atoms with Gasteiger partial charge in [-0.3, -0.25) is 0 Å². The molecule has 3 rings (SSSR count). The molecule has 0 spiro atoms. The van der Waals surface area contributed by atoms with Crippen LogP contribution in [0.3, 0.4) is 0 Å². The first-order valence-corrected chi connectivity index (χ1v) is 9.30. The van der Waals surface area contributed by atoms with Gasteiger partial charge in [0.1, 0.15) is 5.82 Å². The fraction of sp³-hybridized carbons (Fsp3) is 0.381. The van der Waals surface area contributed by atoms with Gasteiger partial charge in [-0.1, -0.05) is 18.2 Å². The van der Waals surface area contributed by atoms with Crippen LogP contribution in [0.15, 0.2) is 41.4 Å². The highest BCUT2D eigenvalue weighted by Crippen LogP contribution is 2.29. The second-order valence-electron chi connectivity index (χ2n) is 6.90. The number of benzene rings is 2. The fourth-order valence-corrected chi connectivity index (χ4v) is 3.08. The van der Waals surface area contributed by atoms with Crippen LogP contribution in [0.5, 0.6) is 5.75 Å². The van der Waals surface area contributed by atoms with Gasteiger partial charge in [0.25, 0.3) is 0 Å². The molecule has 27 heavy (non-hydrogen) atoms. The Morgan fingerprint density at radius 1 is 1.11 bits per heavy atom. The van der Waals surface area contributed by atoms with E-state index in [9.17, 15) is 8.78 Å². The minimum absolute atomic E-state index is 0.0729. The van der Waals surface area contributed by atoms with Crippen molar-refractivity contribution >= 4 is 17.4 Å². The van der Waals surface area contributed by atoms with Gasteiger partial charge in [0.2, 0.25) is 0 Å². The molecule has 1 saturated carbocycles. The maximum Gasteiger partial charge on any atom is 0.165 e. The summed E-state index contributed by atoms with van der Waals surface area (Å²) in [6.07, 6.45) is 1.53. The van der Waals surface area contributed by atoms with E-state index in [4.69, 9.17) is 9.47 Å². The Labute approximate surface area is 163 Å². The topological polar surface area (TPSA) is 30.8 Å². The molecule has 0 radical (unpaired) electrons. The van der Waals surface area contributed by atoms with Crippen molar-refractivity contribution in [2.45, 2.75) is 51.5 Å².